The summed E-state index contributed by atoms with van der Waals surface area (Å²) >= 11 is 0. The number of carbonyl (C=O) groups excluding carboxylic acids is 1. The Balaban J connectivity index is 2.32. The predicted octanol–water partition coefficient (Wildman–Crippen LogP) is 2.74. The van der Waals surface area contributed by atoms with Gasteiger partial charge in [0, 0.05) is 47.4 Å². The highest BCUT2D eigenvalue weighted by atomic mass is 32.2. The minimum Gasteiger partial charge on any atom is -0.469 e. The zero-order valence-corrected chi connectivity index (χ0v) is 17.5. The molecule has 152 valence electrons. The number of ether oxygens (including phenoxy) is 1. The Labute approximate surface area is 161 Å². The third kappa shape index (κ3) is 9.55. The van der Waals surface area contributed by atoms with Gasteiger partial charge in [0.2, 0.25) is 0 Å². The zero-order chi connectivity index (χ0) is 19.2. The normalized spacial score (nSPS) is 21.9. The topological polar surface area (TPSA) is 79.8 Å². The van der Waals surface area contributed by atoms with E-state index in [1.165, 1.54) is 7.11 Å². The van der Waals surface area contributed by atoms with E-state index in [4.69, 9.17) is 0 Å². The number of hydrogen-bond donors (Lipinski definition) is 2. The number of rotatable bonds is 11. The molecule has 1 aliphatic carbocycles. The molecule has 0 radical (unpaired) electrons. The van der Waals surface area contributed by atoms with E-state index in [1.54, 1.807) is 0 Å². The lowest BCUT2D eigenvalue weighted by Crippen LogP contribution is -2.46. The van der Waals surface area contributed by atoms with Gasteiger partial charge in [-0.2, -0.15) is 0 Å². The largest absolute Gasteiger partial charge is 0.469 e. The van der Waals surface area contributed by atoms with Crippen molar-refractivity contribution in [3.8, 4) is 0 Å². The van der Waals surface area contributed by atoms with Crippen LogP contribution in [0.2, 0.25) is 0 Å². The van der Waals surface area contributed by atoms with Crippen LogP contribution in [-0.4, -0.2) is 53.4 Å². The molecule has 0 heterocycles. The highest BCUT2D eigenvalue weighted by Crippen LogP contribution is 2.23. The standard InChI is InChI=1S/C19H37N3O3S/c1-4-20-19(21-14-9-7-6-8-13-18(23)25-3)22-16-11-10-12-17(15-16)26(24)5-2/h16-17H,4-15H2,1-3H3,(H2,20,21,22). The lowest BCUT2D eigenvalue weighted by Gasteiger charge is -2.30. The average Bonchev–Trinajstić information content (AvgIpc) is 2.66. The lowest BCUT2D eigenvalue weighted by molar-refractivity contribution is -0.140. The number of aliphatic imine (C=N–C) groups is 1. The maximum atomic E-state index is 12.1. The van der Waals surface area contributed by atoms with E-state index in [0.717, 1.165) is 76.2 Å². The summed E-state index contributed by atoms with van der Waals surface area (Å²) in [6, 6.07) is 0.363. The molecule has 0 aromatic heterocycles. The smallest absolute Gasteiger partial charge is 0.305 e. The second-order valence-electron chi connectivity index (χ2n) is 6.80. The molecular weight excluding hydrogens is 350 g/mol. The summed E-state index contributed by atoms with van der Waals surface area (Å²) in [4.78, 5) is 15.7. The van der Waals surface area contributed by atoms with Crippen molar-refractivity contribution in [1.82, 2.24) is 10.6 Å². The van der Waals surface area contributed by atoms with Gasteiger partial charge in [-0.25, -0.2) is 0 Å². The van der Waals surface area contributed by atoms with Crippen LogP contribution in [-0.2, 0) is 20.3 Å². The van der Waals surface area contributed by atoms with Gasteiger partial charge in [0.05, 0.1) is 7.11 Å². The fraction of sp³-hybridized carbons (Fsp3) is 0.895. The van der Waals surface area contributed by atoms with Crippen LogP contribution in [0, 0.1) is 0 Å². The van der Waals surface area contributed by atoms with Crippen LogP contribution < -0.4 is 10.6 Å². The summed E-state index contributed by atoms with van der Waals surface area (Å²) in [5.74, 6) is 1.49. The van der Waals surface area contributed by atoms with E-state index in [9.17, 15) is 9.00 Å². The number of unbranched alkanes of at least 4 members (excludes halogenated alkanes) is 3. The van der Waals surface area contributed by atoms with Gasteiger partial charge in [-0.1, -0.05) is 26.2 Å². The maximum Gasteiger partial charge on any atom is 0.305 e. The summed E-state index contributed by atoms with van der Waals surface area (Å²) in [5.41, 5.74) is 0. The first-order valence-corrected chi connectivity index (χ1v) is 11.5. The molecule has 6 nitrogen and oxygen atoms in total. The van der Waals surface area contributed by atoms with Crippen LogP contribution in [0.1, 0.15) is 71.6 Å². The van der Waals surface area contributed by atoms with E-state index < -0.39 is 10.8 Å². The summed E-state index contributed by atoms with van der Waals surface area (Å²) in [5, 5.41) is 7.17. The van der Waals surface area contributed by atoms with Gasteiger partial charge in [0.25, 0.3) is 0 Å². The van der Waals surface area contributed by atoms with Crippen molar-refractivity contribution in [2.24, 2.45) is 4.99 Å². The van der Waals surface area contributed by atoms with Crippen LogP contribution in [0.3, 0.4) is 0 Å². The van der Waals surface area contributed by atoms with Gasteiger partial charge >= 0.3 is 5.97 Å². The summed E-state index contributed by atoms with van der Waals surface area (Å²) in [6.07, 6.45) is 8.81. The Bertz CT molecular complexity index is 457. The lowest BCUT2D eigenvalue weighted by atomic mass is 9.95. The molecule has 0 spiro atoms. The molecule has 0 aromatic rings. The molecule has 0 bridgehead atoms. The summed E-state index contributed by atoms with van der Waals surface area (Å²) in [6.45, 7) is 5.69. The molecule has 26 heavy (non-hydrogen) atoms. The molecular formula is C19H37N3O3S. The molecule has 1 saturated carbocycles. The highest BCUT2D eigenvalue weighted by Gasteiger charge is 2.25. The van der Waals surface area contributed by atoms with Crippen LogP contribution >= 0.6 is 0 Å². The molecule has 1 aliphatic rings. The zero-order valence-electron chi connectivity index (χ0n) is 16.7. The van der Waals surface area contributed by atoms with E-state index in [-0.39, 0.29) is 5.97 Å². The van der Waals surface area contributed by atoms with E-state index in [1.807, 2.05) is 6.92 Å². The fourth-order valence-electron chi connectivity index (χ4n) is 3.29. The minimum absolute atomic E-state index is 0.128. The molecule has 3 unspecified atom stereocenters. The van der Waals surface area contributed by atoms with Crippen molar-refractivity contribution in [3.63, 3.8) is 0 Å². The molecule has 7 heteroatoms. The summed E-state index contributed by atoms with van der Waals surface area (Å²) in [7, 11) is 0.731. The number of methoxy groups -OCH3 is 1. The van der Waals surface area contributed by atoms with Gasteiger partial charge < -0.3 is 15.4 Å². The van der Waals surface area contributed by atoms with Crippen LogP contribution in [0.15, 0.2) is 4.99 Å². The number of hydrogen-bond acceptors (Lipinski definition) is 4. The van der Waals surface area contributed by atoms with Crippen LogP contribution in [0.4, 0.5) is 0 Å². The van der Waals surface area contributed by atoms with Crippen molar-refractivity contribution in [2.75, 3.05) is 26.0 Å². The molecule has 0 amide bonds. The number of guanidine groups is 1. The molecule has 1 rings (SSSR count). The predicted molar refractivity (Wildman–Crippen MR) is 109 cm³/mol. The minimum atomic E-state index is -0.700. The van der Waals surface area contributed by atoms with Gasteiger partial charge in [-0.3, -0.25) is 14.0 Å². The van der Waals surface area contributed by atoms with Gasteiger partial charge in [-0.15, -0.1) is 0 Å². The first-order chi connectivity index (χ1) is 12.6. The SMILES string of the molecule is CCNC(=NCCCCCCC(=O)OC)NC1CCCC(S(=O)CC)C1. The number of carbonyl (C=O) groups is 1. The quantitative estimate of drug-likeness (QED) is 0.247. The van der Waals surface area contributed by atoms with Gasteiger partial charge in [0.1, 0.15) is 0 Å². The Hall–Kier alpha value is -1.11. The van der Waals surface area contributed by atoms with Gasteiger partial charge in [-0.05, 0) is 39.0 Å². The van der Waals surface area contributed by atoms with Crippen LogP contribution in [0.25, 0.3) is 0 Å². The van der Waals surface area contributed by atoms with Crippen molar-refractivity contribution < 1.29 is 13.7 Å². The van der Waals surface area contributed by atoms with E-state index in [0.29, 0.717) is 17.7 Å². The third-order valence-corrected chi connectivity index (χ3v) is 6.49. The molecule has 3 atom stereocenters. The van der Waals surface area contributed by atoms with Crippen molar-refractivity contribution >= 4 is 22.7 Å². The van der Waals surface area contributed by atoms with Gasteiger partial charge in [0.15, 0.2) is 5.96 Å². The van der Waals surface area contributed by atoms with Crippen molar-refractivity contribution in [2.45, 2.75) is 82.9 Å². The third-order valence-electron chi connectivity index (χ3n) is 4.75. The second kappa shape index (κ2) is 14.0. The molecule has 0 aliphatic heterocycles. The first kappa shape index (κ1) is 22.9. The van der Waals surface area contributed by atoms with Crippen LogP contribution in [0.5, 0.6) is 0 Å². The van der Waals surface area contributed by atoms with E-state index >= 15 is 0 Å². The highest BCUT2D eigenvalue weighted by molar-refractivity contribution is 7.85. The average molecular weight is 388 g/mol. The Morgan fingerprint density at radius 2 is 1.96 bits per heavy atom. The van der Waals surface area contributed by atoms with E-state index in [2.05, 4.69) is 27.3 Å². The monoisotopic (exact) mass is 387 g/mol. The van der Waals surface area contributed by atoms with Crippen molar-refractivity contribution in [3.05, 3.63) is 0 Å². The molecule has 1 fully saturated rings. The number of nitrogens with zero attached hydrogens (tertiary/aromatic N) is 1. The van der Waals surface area contributed by atoms with Crippen molar-refractivity contribution in [1.29, 1.82) is 0 Å². The molecule has 0 aromatic carbocycles. The maximum absolute atomic E-state index is 12.1. The summed E-state index contributed by atoms with van der Waals surface area (Å²) < 4.78 is 16.7. The molecule has 2 N–H and O–H groups in total. The second-order valence-corrected chi connectivity index (χ2v) is 8.81. The number of esters is 1. The number of nitrogens with one attached hydrogen (secondary N) is 2. The Morgan fingerprint density at radius 3 is 2.65 bits per heavy atom. The Kier molecular flexibility index (Phi) is 12.4. The Morgan fingerprint density at radius 1 is 1.19 bits per heavy atom. The molecule has 0 saturated heterocycles. The first-order valence-electron chi connectivity index (χ1n) is 10.1. The fourth-order valence-corrected chi connectivity index (χ4v) is 4.64.